The first-order valence-corrected chi connectivity index (χ1v) is 6.01. The summed E-state index contributed by atoms with van der Waals surface area (Å²) in [6, 6.07) is 8.66. The maximum atomic E-state index is 13.9. The number of halogens is 1. The predicted octanol–water partition coefficient (Wildman–Crippen LogP) is 3.23. The third-order valence-electron chi connectivity index (χ3n) is 3.05. The van der Waals surface area contributed by atoms with Gasteiger partial charge in [0.15, 0.2) is 0 Å². The van der Waals surface area contributed by atoms with Crippen molar-refractivity contribution in [3.8, 4) is 6.07 Å². The molecule has 98 valence electrons. The molecule has 1 aromatic carbocycles. The molecule has 0 fully saturated rings. The summed E-state index contributed by atoms with van der Waals surface area (Å²) in [5, 5.41) is 8.80. The van der Waals surface area contributed by atoms with Crippen molar-refractivity contribution in [1.29, 1.82) is 5.26 Å². The molecule has 2 aromatic rings. The van der Waals surface area contributed by atoms with Gasteiger partial charge in [-0.15, -0.1) is 0 Å². The van der Waals surface area contributed by atoms with Crippen LogP contribution < -0.4 is 0 Å². The lowest BCUT2D eigenvalue weighted by atomic mass is 10.1. The molecule has 1 heterocycles. The maximum Gasteiger partial charge on any atom is 0.145 e. The third-order valence-corrected chi connectivity index (χ3v) is 3.05. The van der Waals surface area contributed by atoms with Gasteiger partial charge in [0.25, 0.3) is 0 Å². The number of hydrogen-bond donors (Lipinski definition) is 0. The molecule has 0 radical (unpaired) electrons. The van der Waals surface area contributed by atoms with Crippen molar-refractivity contribution in [2.75, 3.05) is 7.05 Å². The van der Waals surface area contributed by atoms with Crippen LogP contribution in [0, 0.1) is 24.1 Å². The summed E-state index contributed by atoms with van der Waals surface area (Å²) in [6.45, 7) is 3.03. The van der Waals surface area contributed by atoms with Crippen LogP contribution in [0.25, 0.3) is 0 Å². The van der Waals surface area contributed by atoms with E-state index < -0.39 is 5.82 Å². The van der Waals surface area contributed by atoms with E-state index in [1.54, 1.807) is 18.4 Å². The fourth-order valence-electron chi connectivity index (χ4n) is 2.00. The van der Waals surface area contributed by atoms with Crippen LogP contribution in [-0.4, -0.2) is 11.9 Å². The Labute approximate surface area is 111 Å². The second kappa shape index (κ2) is 5.68. The summed E-state index contributed by atoms with van der Waals surface area (Å²) in [4.78, 5) is 1.98. The molecule has 19 heavy (non-hydrogen) atoms. The quantitative estimate of drug-likeness (QED) is 0.845. The molecular formula is C15H15FN2O. The minimum Gasteiger partial charge on any atom is -0.469 e. The highest BCUT2D eigenvalue weighted by Gasteiger charge is 2.11. The molecule has 0 aliphatic rings. The molecule has 0 amide bonds. The van der Waals surface area contributed by atoms with Crippen LogP contribution in [0.5, 0.6) is 0 Å². The van der Waals surface area contributed by atoms with Gasteiger partial charge in [0.1, 0.15) is 17.6 Å². The van der Waals surface area contributed by atoms with Gasteiger partial charge in [0.2, 0.25) is 0 Å². The molecule has 0 aliphatic carbocycles. The average molecular weight is 258 g/mol. The van der Waals surface area contributed by atoms with Gasteiger partial charge in [0.05, 0.1) is 11.8 Å². The van der Waals surface area contributed by atoms with Crippen LogP contribution in [0.3, 0.4) is 0 Å². The van der Waals surface area contributed by atoms with Gasteiger partial charge in [0, 0.05) is 24.2 Å². The molecule has 4 heteroatoms. The number of hydrogen-bond acceptors (Lipinski definition) is 3. The van der Waals surface area contributed by atoms with Crippen molar-refractivity contribution in [1.82, 2.24) is 4.90 Å². The second-order valence-corrected chi connectivity index (χ2v) is 4.56. The molecule has 0 atom stereocenters. The van der Waals surface area contributed by atoms with Crippen LogP contribution in [0.1, 0.15) is 22.5 Å². The SMILES string of the molecule is Cc1occc1CN(C)Cc1cccc(C#N)c1F. The van der Waals surface area contributed by atoms with Crippen molar-refractivity contribution in [3.63, 3.8) is 0 Å². The molecule has 0 bridgehead atoms. The molecule has 1 aromatic heterocycles. The Hall–Kier alpha value is -2.12. The van der Waals surface area contributed by atoms with E-state index >= 15 is 0 Å². The zero-order valence-corrected chi connectivity index (χ0v) is 11.0. The number of nitriles is 1. The Kier molecular flexibility index (Phi) is 3.98. The minimum atomic E-state index is -0.430. The first-order valence-electron chi connectivity index (χ1n) is 6.01. The van der Waals surface area contributed by atoms with E-state index in [-0.39, 0.29) is 5.56 Å². The van der Waals surface area contributed by atoms with Crippen LogP contribution >= 0.6 is 0 Å². The summed E-state index contributed by atoms with van der Waals surface area (Å²) in [6.07, 6.45) is 1.65. The van der Waals surface area contributed by atoms with E-state index in [9.17, 15) is 4.39 Å². The first kappa shape index (κ1) is 13.3. The Morgan fingerprint density at radius 1 is 1.26 bits per heavy atom. The van der Waals surface area contributed by atoms with Crippen LogP contribution in [-0.2, 0) is 13.1 Å². The van der Waals surface area contributed by atoms with E-state index in [2.05, 4.69) is 0 Å². The highest BCUT2D eigenvalue weighted by molar-refractivity contribution is 5.34. The number of benzene rings is 1. The number of nitrogens with zero attached hydrogens (tertiary/aromatic N) is 2. The van der Waals surface area contributed by atoms with Gasteiger partial charge >= 0.3 is 0 Å². The lowest BCUT2D eigenvalue weighted by Gasteiger charge is -2.16. The Balaban J connectivity index is 2.10. The molecular weight excluding hydrogens is 243 g/mol. The summed E-state index contributed by atoms with van der Waals surface area (Å²) >= 11 is 0. The Morgan fingerprint density at radius 2 is 2.00 bits per heavy atom. The minimum absolute atomic E-state index is 0.0883. The van der Waals surface area contributed by atoms with Crippen molar-refractivity contribution in [3.05, 3.63) is 58.8 Å². The molecule has 3 nitrogen and oxygen atoms in total. The largest absolute Gasteiger partial charge is 0.469 e. The number of aryl methyl sites for hydroxylation is 1. The van der Waals surface area contributed by atoms with Crippen LogP contribution in [0.4, 0.5) is 4.39 Å². The monoisotopic (exact) mass is 258 g/mol. The van der Waals surface area contributed by atoms with E-state index in [1.807, 2.05) is 31.0 Å². The standard InChI is InChI=1S/C15H15FN2O/c1-11-13(6-7-19-11)9-18(2)10-14-5-3-4-12(8-17)15(14)16/h3-7H,9-10H2,1-2H3. The van der Waals surface area contributed by atoms with Crippen molar-refractivity contribution in [2.24, 2.45) is 0 Å². The average Bonchev–Trinajstić information content (AvgIpc) is 2.78. The predicted molar refractivity (Wildman–Crippen MR) is 69.7 cm³/mol. The van der Waals surface area contributed by atoms with E-state index in [4.69, 9.17) is 9.68 Å². The van der Waals surface area contributed by atoms with Crippen LogP contribution in [0.2, 0.25) is 0 Å². The topological polar surface area (TPSA) is 40.2 Å². The van der Waals surface area contributed by atoms with Crippen LogP contribution in [0.15, 0.2) is 34.9 Å². The highest BCUT2D eigenvalue weighted by atomic mass is 19.1. The van der Waals surface area contributed by atoms with Crippen molar-refractivity contribution < 1.29 is 8.81 Å². The normalized spacial score (nSPS) is 10.7. The summed E-state index contributed by atoms with van der Waals surface area (Å²) in [5.41, 5.74) is 1.70. The van der Waals surface area contributed by atoms with E-state index in [1.165, 1.54) is 6.07 Å². The molecule has 0 unspecified atom stereocenters. The van der Waals surface area contributed by atoms with Gasteiger partial charge in [-0.05, 0) is 26.1 Å². The fourth-order valence-corrected chi connectivity index (χ4v) is 2.00. The maximum absolute atomic E-state index is 13.9. The fraction of sp³-hybridized carbons (Fsp3) is 0.267. The summed E-state index contributed by atoms with van der Waals surface area (Å²) < 4.78 is 19.2. The first-order chi connectivity index (χ1) is 9.11. The van der Waals surface area contributed by atoms with Gasteiger partial charge in [-0.2, -0.15) is 5.26 Å². The number of furan rings is 1. The highest BCUT2D eigenvalue weighted by Crippen LogP contribution is 2.16. The summed E-state index contributed by atoms with van der Waals surface area (Å²) in [5.74, 6) is 0.443. The smallest absolute Gasteiger partial charge is 0.145 e. The molecule has 0 saturated carbocycles. The zero-order valence-electron chi connectivity index (χ0n) is 11.0. The molecule has 0 spiro atoms. The lowest BCUT2D eigenvalue weighted by molar-refractivity contribution is 0.311. The van der Waals surface area contributed by atoms with Gasteiger partial charge in [-0.3, -0.25) is 4.90 Å². The van der Waals surface area contributed by atoms with Gasteiger partial charge in [-0.1, -0.05) is 12.1 Å². The van der Waals surface area contributed by atoms with E-state index in [0.29, 0.717) is 18.7 Å². The van der Waals surface area contributed by atoms with Gasteiger partial charge < -0.3 is 4.42 Å². The molecule has 0 aliphatic heterocycles. The Morgan fingerprint density at radius 3 is 2.63 bits per heavy atom. The molecule has 0 saturated heterocycles. The Bertz CT molecular complexity index is 613. The third kappa shape index (κ3) is 3.01. The number of rotatable bonds is 4. The summed E-state index contributed by atoms with van der Waals surface area (Å²) in [7, 11) is 1.91. The van der Waals surface area contributed by atoms with Crippen molar-refractivity contribution >= 4 is 0 Å². The molecule has 0 N–H and O–H groups in total. The zero-order chi connectivity index (χ0) is 13.8. The van der Waals surface area contributed by atoms with Crippen molar-refractivity contribution in [2.45, 2.75) is 20.0 Å². The van der Waals surface area contributed by atoms with Gasteiger partial charge in [-0.25, -0.2) is 4.39 Å². The lowest BCUT2D eigenvalue weighted by Crippen LogP contribution is -2.18. The van der Waals surface area contributed by atoms with E-state index in [0.717, 1.165) is 11.3 Å². The second-order valence-electron chi connectivity index (χ2n) is 4.56. The molecule has 2 rings (SSSR count).